The Bertz CT molecular complexity index is 836. The zero-order chi connectivity index (χ0) is 21.2. The minimum absolute atomic E-state index is 0. The highest BCUT2D eigenvalue weighted by Crippen LogP contribution is 2.20. The molecule has 0 saturated carbocycles. The van der Waals surface area contributed by atoms with Crippen LogP contribution in [0.5, 0.6) is 5.75 Å². The Balaban J connectivity index is 0.00000450. The number of aryl methyl sites for hydroxylation is 1. The van der Waals surface area contributed by atoms with Crippen LogP contribution in [0.2, 0.25) is 0 Å². The summed E-state index contributed by atoms with van der Waals surface area (Å²) in [6.45, 7) is 6.10. The summed E-state index contributed by atoms with van der Waals surface area (Å²) < 4.78 is 5.88. The van der Waals surface area contributed by atoms with Gasteiger partial charge in [0.05, 0.1) is 6.61 Å². The number of hydrogen-bond acceptors (Lipinski definition) is 3. The van der Waals surface area contributed by atoms with E-state index in [1.54, 1.807) is 26.0 Å². The number of nitrogens with one attached hydrogen (secondary N) is 2. The Morgan fingerprint density at radius 3 is 2.33 bits per heavy atom. The summed E-state index contributed by atoms with van der Waals surface area (Å²) in [7, 11) is 5.25. The molecule has 0 aromatic heterocycles. The number of carbonyl (C=O) groups excluding carboxylic acids is 1. The number of amides is 1. The van der Waals surface area contributed by atoms with Crippen molar-refractivity contribution >= 4 is 35.8 Å². The second-order valence-electron chi connectivity index (χ2n) is 7.14. The molecule has 7 heteroatoms. The summed E-state index contributed by atoms with van der Waals surface area (Å²) in [5.74, 6) is 1.62. The summed E-state index contributed by atoms with van der Waals surface area (Å²) in [5, 5.41) is 6.64. The average molecular weight is 524 g/mol. The van der Waals surface area contributed by atoms with E-state index >= 15 is 0 Å². The van der Waals surface area contributed by atoms with E-state index in [-0.39, 0.29) is 29.9 Å². The van der Waals surface area contributed by atoms with Crippen LogP contribution in [-0.2, 0) is 13.1 Å². The molecule has 164 valence electrons. The van der Waals surface area contributed by atoms with Crippen molar-refractivity contribution in [3.63, 3.8) is 0 Å². The molecule has 30 heavy (non-hydrogen) atoms. The monoisotopic (exact) mass is 524 g/mol. The van der Waals surface area contributed by atoms with E-state index in [9.17, 15) is 4.79 Å². The highest BCUT2D eigenvalue weighted by molar-refractivity contribution is 14.0. The third-order valence-corrected chi connectivity index (χ3v) is 4.42. The topological polar surface area (TPSA) is 66.0 Å². The summed E-state index contributed by atoms with van der Waals surface area (Å²) in [6.07, 6.45) is 0.975. The van der Waals surface area contributed by atoms with Gasteiger partial charge in [0.25, 0.3) is 5.91 Å². The fourth-order valence-electron chi connectivity index (χ4n) is 2.76. The molecule has 0 radical (unpaired) electrons. The van der Waals surface area contributed by atoms with Crippen LogP contribution >= 0.6 is 24.0 Å². The van der Waals surface area contributed by atoms with E-state index in [0.29, 0.717) is 31.2 Å². The van der Waals surface area contributed by atoms with Gasteiger partial charge >= 0.3 is 0 Å². The number of halogens is 1. The maximum absolute atomic E-state index is 12.0. The van der Waals surface area contributed by atoms with Crippen LogP contribution < -0.4 is 15.4 Å². The third-order valence-electron chi connectivity index (χ3n) is 4.42. The molecule has 0 unspecified atom stereocenters. The normalized spacial score (nSPS) is 10.8. The van der Waals surface area contributed by atoms with Crippen LogP contribution in [0.4, 0.5) is 0 Å². The van der Waals surface area contributed by atoms with Crippen molar-refractivity contribution in [2.45, 2.75) is 33.4 Å². The van der Waals surface area contributed by atoms with E-state index in [4.69, 9.17) is 4.74 Å². The van der Waals surface area contributed by atoms with Gasteiger partial charge in [-0.2, -0.15) is 0 Å². The van der Waals surface area contributed by atoms with Crippen molar-refractivity contribution in [2.75, 3.05) is 27.7 Å². The Labute approximate surface area is 197 Å². The van der Waals surface area contributed by atoms with Gasteiger partial charge < -0.3 is 20.3 Å². The second kappa shape index (κ2) is 13.1. The predicted octanol–water partition coefficient (Wildman–Crippen LogP) is 3.97. The molecule has 0 aliphatic heterocycles. The van der Waals surface area contributed by atoms with Crippen molar-refractivity contribution in [2.24, 2.45) is 4.99 Å². The fourth-order valence-corrected chi connectivity index (χ4v) is 2.76. The van der Waals surface area contributed by atoms with Gasteiger partial charge in [0, 0.05) is 45.4 Å². The molecule has 0 bridgehead atoms. The highest BCUT2D eigenvalue weighted by Gasteiger charge is 2.08. The number of rotatable bonds is 8. The minimum atomic E-state index is 0. The molecule has 0 saturated heterocycles. The van der Waals surface area contributed by atoms with E-state index in [2.05, 4.69) is 47.7 Å². The molecule has 6 nitrogen and oxygen atoms in total. The standard InChI is InChI=1S/C23H32N4O2.HI/c1-6-13-29-21-14-17(2)7-10-20(21)16-26-23(24-3)25-15-18-8-11-19(12-9-18)22(28)27(4)5;/h7-12,14H,6,13,15-16H2,1-5H3,(H2,24,25,26);1H. The van der Waals surface area contributed by atoms with Gasteiger partial charge in [0.15, 0.2) is 5.96 Å². The number of ether oxygens (including phenoxy) is 1. The Hall–Kier alpha value is -2.29. The van der Waals surface area contributed by atoms with Crippen molar-refractivity contribution in [3.8, 4) is 5.75 Å². The van der Waals surface area contributed by atoms with Crippen molar-refractivity contribution < 1.29 is 9.53 Å². The quantitative estimate of drug-likeness (QED) is 0.312. The smallest absolute Gasteiger partial charge is 0.253 e. The zero-order valence-corrected chi connectivity index (χ0v) is 20.8. The van der Waals surface area contributed by atoms with Gasteiger partial charge in [-0.3, -0.25) is 9.79 Å². The van der Waals surface area contributed by atoms with E-state index in [1.807, 2.05) is 24.3 Å². The minimum Gasteiger partial charge on any atom is -0.493 e. The van der Waals surface area contributed by atoms with E-state index in [0.717, 1.165) is 23.3 Å². The first kappa shape index (κ1) is 25.7. The van der Waals surface area contributed by atoms with Gasteiger partial charge in [-0.25, -0.2) is 0 Å². The maximum atomic E-state index is 12.0. The fraction of sp³-hybridized carbons (Fsp3) is 0.391. The van der Waals surface area contributed by atoms with Crippen LogP contribution in [0.3, 0.4) is 0 Å². The van der Waals surface area contributed by atoms with Crippen molar-refractivity contribution in [3.05, 3.63) is 64.7 Å². The Kier molecular flexibility index (Phi) is 11.2. The molecule has 2 N–H and O–H groups in total. The Morgan fingerprint density at radius 1 is 1.07 bits per heavy atom. The van der Waals surface area contributed by atoms with Crippen LogP contribution in [0.15, 0.2) is 47.5 Å². The van der Waals surface area contributed by atoms with Crippen LogP contribution in [-0.4, -0.2) is 44.5 Å². The SMILES string of the molecule is CCCOc1cc(C)ccc1CNC(=NC)NCc1ccc(C(=O)N(C)C)cc1.I. The van der Waals surface area contributed by atoms with Gasteiger partial charge in [-0.05, 0) is 42.7 Å². The molecule has 2 aromatic carbocycles. The number of aliphatic imine (C=N–C) groups is 1. The van der Waals surface area contributed by atoms with Crippen LogP contribution in [0, 0.1) is 6.92 Å². The third kappa shape index (κ3) is 7.85. The lowest BCUT2D eigenvalue weighted by atomic mass is 10.1. The van der Waals surface area contributed by atoms with Crippen LogP contribution in [0.1, 0.15) is 40.4 Å². The molecule has 0 spiro atoms. The number of nitrogens with zero attached hydrogens (tertiary/aromatic N) is 2. The first-order valence-electron chi connectivity index (χ1n) is 9.92. The molecule has 0 atom stereocenters. The molecular formula is C23H33IN4O2. The van der Waals surface area contributed by atoms with Gasteiger partial charge in [0.1, 0.15) is 5.75 Å². The molecule has 2 aromatic rings. The summed E-state index contributed by atoms with van der Waals surface area (Å²) in [5.41, 5.74) is 4.03. The van der Waals surface area contributed by atoms with Crippen molar-refractivity contribution in [1.29, 1.82) is 0 Å². The molecule has 0 aliphatic rings. The lowest BCUT2D eigenvalue weighted by molar-refractivity contribution is 0.0827. The first-order chi connectivity index (χ1) is 13.9. The number of guanidine groups is 1. The van der Waals surface area contributed by atoms with Gasteiger partial charge in [0.2, 0.25) is 0 Å². The highest BCUT2D eigenvalue weighted by atomic mass is 127. The Morgan fingerprint density at radius 2 is 1.73 bits per heavy atom. The molecule has 1 amide bonds. The number of hydrogen-bond donors (Lipinski definition) is 2. The van der Waals surface area contributed by atoms with Crippen molar-refractivity contribution in [1.82, 2.24) is 15.5 Å². The average Bonchev–Trinajstić information content (AvgIpc) is 2.73. The summed E-state index contributed by atoms with van der Waals surface area (Å²) >= 11 is 0. The maximum Gasteiger partial charge on any atom is 0.253 e. The zero-order valence-electron chi connectivity index (χ0n) is 18.5. The molecule has 0 fully saturated rings. The summed E-state index contributed by atoms with van der Waals surface area (Å²) in [4.78, 5) is 17.8. The molecule has 2 rings (SSSR count). The number of benzene rings is 2. The summed E-state index contributed by atoms with van der Waals surface area (Å²) in [6, 6.07) is 13.8. The van der Waals surface area contributed by atoms with Crippen LogP contribution in [0.25, 0.3) is 0 Å². The van der Waals surface area contributed by atoms with E-state index < -0.39 is 0 Å². The first-order valence-corrected chi connectivity index (χ1v) is 9.92. The lowest BCUT2D eigenvalue weighted by Crippen LogP contribution is -2.36. The van der Waals surface area contributed by atoms with E-state index in [1.165, 1.54) is 5.56 Å². The second-order valence-corrected chi connectivity index (χ2v) is 7.14. The largest absolute Gasteiger partial charge is 0.493 e. The van der Waals surface area contributed by atoms with Gasteiger partial charge in [-0.15, -0.1) is 24.0 Å². The lowest BCUT2D eigenvalue weighted by Gasteiger charge is -2.15. The molecule has 0 heterocycles. The number of carbonyl (C=O) groups is 1. The predicted molar refractivity (Wildman–Crippen MR) is 134 cm³/mol. The molecule has 0 aliphatic carbocycles. The van der Waals surface area contributed by atoms with Gasteiger partial charge in [-0.1, -0.05) is 31.2 Å². The molecular weight excluding hydrogens is 491 g/mol.